The van der Waals surface area contributed by atoms with Gasteiger partial charge in [0.1, 0.15) is 30.1 Å². The molecule has 31 heavy (non-hydrogen) atoms. The number of hydrogen-bond donors (Lipinski definition) is 2. The lowest BCUT2D eigenvalue weighted by Gasteiger charge is -2.25. The highest BCUT2D eigenvalue weighted by Crippen LogP contribution is 2.29. The van der Waals surface area contributed by atoms with Gasteiger partial charge in [0.25, 0.3) is 0 Å². The molecular formula is C23H22ClN5O2. The van der Waals surface area contributed by atoms with Crippen molar-refractivity contribution in [2.75, 3.05) is 18.0 Å². The third-order valence-electron chi connectivity index (χ3n) is 4.74. The average molecular weight is 436 g/mol. The van der Waals surface area contributed by atoms with Crippen LogP contribution in [0, 0.1) is 0 Å². The van der Waals surface area contributed by atoms with Crippen LogP contribution in [0.1, 0.15) is 12.5 Å². The number of aromatic nitrogens is 3. The first-order valence-electron chi connectivity index (χ1n) is 9.87. The number of benzene rings is 2. The van der Waals surface area contributed by atoms with Crippen LogP contribution in [-0.2, 0) is 11.4 Å². The van der Waals surface area contributed by atoms with E-state index in [1.807, 2.05) is 42.6 Å². The zero-order valence-electron chi connectivity index (χ0n) is 17.0. The third-order valence-corrected chi connectivity index (χ3v) is 4.99. The molecule has 8 heteroatoms. The zero-order chi connectivity index (χ0) is 21.6. The SMILES string of the molecule is CC(=O)NCCN(c1cccc(COc2ccc(Cl)cc2)c1)c1ncnc2[nH]ccc12. The van der Waals surface area contributed by atoms with Crippen molar-refractivity contribution < 1.29 is 9.53 Å². The quantitative estimate of drug-likeness (QED) is 0.427. The molecule has 2 N–H and O–H groups in total. The van der Waals surface area contributed by atoms with Gasteiger partial charge in [-0.25, -0.2) is 9.97 Å². The summed E-state index contributed by atoms with van der Waals surface area (Å²) in [6.07, 6.45) is 3.37. The molecule has 4 aromatic rings. The van der Waals surface area contributed by atoms with Gasteiger partial charge in [0.2, 0.25) is 5.91 Å². The lowest BCUT2D eigenvalue weighted by molar-refractivity contribution is -0.118. The van der Waals surface area contributed by atoms with Gasteiger partial charge in [0.05, 0.1) is 5.39 Å². The Morgan fingerprint density at radius 2 is 2.00 bits per heavy atom. The van der Waals surface area contributed by atoms with Crippen molar-refractivity contribution in [3.8, 4) is 5.75 Å². The Morgan fingerprint density at radius 3 is 2.81 bits per heavy atom. The maximum Gasteiger partial charge on any atom is 0.216 e. The monoisotopic (exact) mass is 435 g/mol. The molecule has 0 spiro atoms. The molecule has 2 heterocycles. The fourth-order valence-corrected chi connectivity index (χ4v) is 3.41. The Kier molecular flexibility index (Phi) is 6.33. The van der Waals surface area contributed by atoms with Crippen molar-refractivity contribution >= 4 is 40.0 Å². The highest BCUT2D eigenvalue weighted by Gasteiger charge is 2.16. The summed E-state index contributed by atoms with van der Waals surface area (Å²) in [6, 6.07) is 17.3. The Bertz CT molecular complexity index is 1180. The second-order valence-corrected chi connectivity index (χ2v) is 7.42. The van der Waals surface area contributed by atoms with E-state index in [1.165, 1.54) is 13.3 Å². The summed E-state index contributed by atoms with van der Waals surface area (Å²) in [6.45, 7) is 2.96. The van der Waals surface area contributed by atoms with Crippen LogP contribution in [0.2, 0.25) is 5.02 Å². The minimum Gasteiger partial charge on any atom is -0.489 e. The molecule has 158 valence electrons. The van der Waals surface area contributed by atoms with Gasteiger partial charge in [-0.1, -0.05) is 23.7 Å². The Hall–Kier alpha value is -3.58. The molecule has 2 aromatic heterocycles. The molecule has 0 aliphatic carbocycles. The number of hydrogen-bond acceptors (Lipinski definition) is 5. The van der Waals surface area contributed by atoms with Crippen molar-refractivity contribution in [2.45, 2.75) is 13.5 Å². The first-order valence-corrected chi connectivity index (χ1v) is 10.3. The van der Waals surface area contributed by atoms with E-state index in [9.17, 15) is 4.79 Å². The van der Waals surface area contributed by atoms with Gasteiger partial charge >= 0.3 is 0 Å². The van der Waals surface area contributed by atoms with Crippen LogP contribution in [0.4, 0.5) is 11.5 Å². The van der Waals surface area contributed by atoms with E-state index in [1.54, 1.807) is 12.1 Å². The molecule has 0 fully saturated rings. The molecule has 0 unspecified atom stereocenters. The van der Waals surface area contributed by atoms with E-state index in [4.69, 9.17) is 16.3 Å². The van der Waals surface area contributed by atoms with Gasteiger partial charge in [-0.2, -0.15) is 0 Å². The number of anilines is 2. The van der Waals surface area contributed by atoms with Gasteiger partial charge in [-0.15, -0.1) is 0 Å². The standard InChI is InChI=1S/C23H22ClN5O2/c1-16(30)25-11-12-29(23-21-9-10-26-22(21)27-15-28-23)19-4-2-3-17(13-19)14-31-20-7-5-18(24)6-8-20/h2-10,13,15H,11-12,14H2,1H3,(H,25,30)(H,26,27,28). The molecule has 4 rings (SSSR count). The highest BCUT2D eigenvalue weighted by molar-refractivity contribution is 6.30. The molecular weight excluding hydrogens is 414 g/mol. The van der Waals surface area contributed by atoms with Crippen molar-refractivity contribution in [1.82, 2.24) is 20.3 Å². The maximum atomic E-state index is 11.4. The number of carbonyl (C=O) groups excluding carboxylic acids is 1. The normalized spacial score (nSPS) is 10.8. The Balaban J connectivity index is 1.60. The predicted octanol–water partition coefficient (Wildman–Crippen LogP) is 4.46. The summed E-state index contributed by atoms with van der Waals surface area (Å²) >= 11 is 5.94. The van der Waals surface area contributed by atoms with Crippen LogP contribution >= 0.6 is 11.6 Å². The van der Waals surface area contributed by atoms with Crippen molar-refractivity contribution in [3.63, 3.8) is 0 Å². The van der Waals surface area contributed by atoms with Crippen LogP contribution in [0.15, 0.2) is 67.1 Å². The lowest BCUT2D eigenvalue weighted by atomic mass is 10.2. The van der Waals surface area contributed by atoms with Crippen molar-refractivity contribution in [2.24, 2.45) is 0 Å². The fraction of sp³-hybridized carbons (Fsp3) is 0.174. The smallest absolute Gasteiger partial charge is 0.216 e. The van der Waals surface area contributed by atoms with E-state index in [2.05, 4.69) is 31.2 Å². The summed E-state index contributed by atoms with van der Waals surface area (Å²) in [5, 5.41) is 4.44. The van der Waals surface area contributed by atoms with Gasteiger partial charge in [0, 0.05) is 36.9 Å². The van der Waals surface area contributed by atoms with Crippen molar-refractivity contribution in [1.29, 1.82) is 0 Å². The molecule has 0 saturated carbocycles. The maximum absolute atomic E-state index is 11.4. The molecule has 2 aromatic carbocycles. The van der Waals surface area contributed by atoms with E-state index < -0.39 is 0 Å². The number of amides is 1. The molecule has 0 aliphatic rings. The zero-order valence-corrected chi connectivity index (χ0v) is 17.8. The average Bonchev–Trinajstić information content (AvgIpc) is 3.26. The second kappa shape index (κ2) is 9.49. The summed E-state index contributed by atoms with van der Waals surface area (Å²) in [7, 11) is 0. The fourth-order valence-electron chi connectivity index (χ4n) is 3.29. The number of nitrogens with one attached hydrogen (secondary N) is 2. The topological polar surface area (TPSA) is 83.1 Å². The number of fused-ring (bicyclic) bond motifs is 1. The van der Waals surface area contributed by atoms with Gasteiger partial charge < -0.3 is 19.9 Å². The van der Waals surface area contributed by atoms with Crippen LogP contribution in [0.25, 0.3) is 11.0 Å². The van der Waals surface area contributed by atoms with Crippen LogP contribution in [-0.4, -0.2) is 33.9 Å². The van der Waals surface area contributed by atoms with Gasteiger partial charge in [0.15, 0.2) is 0 Å². The predicted molar refractivity (Wildman–Crippen MR) is 122 cm³/mol. The molecule has 7 nitrogen and oxygen atoms in total. The largest absolute Gasteiger partial charge is 0.489 e. The number of aromatic amines is 1. The summed E-state index contributed by atoms with van der Waals surface area (Å²) in [5.41, 5.74) is 2.72. The number of nitrogens with zero attached hydrogens (tertiary/aromatic N) is 3. The first kappa shape index (κ1) is 20.7. The Morgan fingerprint density at radius 1 is 1.16 bits per heavy atom. The summed E-state index contributed by atoms with van der Waals surface area (Å²) in [4.78, 5) is 25.4. The molecule has 0 aliphatic heterocycles. The molecule has 0 bridgehead atoms. The summed E-state index contributed by atoms with van der Waals surface area (Å²) < 4.78 is 5.89. The van der Waals surface area contributed by atoms with Crippen LogP contribution in [0.3, 0.4) is 0 Å². The van der Waals surface area contributed by atoms with Gasteiger partial charge in [-0.05, 0) is 48.0 Å². The molecule has 0 radical (unpaired) electrons. The van der Waals surface area contributed by atoms with E-state index in [0.717, 1.165) is 33.9 Å². The number of rotatable bonds is 8. The number of halogens is 1. The summed E-state index contributed by atoms with van der Waals surface area (Å²) in [5.74, 6) is 1.45. The number of carbonyl (C=O) groups is 1. The minimum absolute atomic E-state index is 0.0699. The number of ether oxygens (including phenoxy) is 1. The molecule has 1 amide bonds. The molecule has 0 saturated heterocycles. The van der Waals surface area contributed by atoms with Crippen molar-refractivity contribution in [3.05, 3.63) is 77.7 Å². The second-order valence-electron chi connectivity index (χ2n) is 6.98. The third kappa shape index (κ3) is 5.13. The number of H-pyrrole nitrogens is 1. The van der Waals surface area contributed by atoms with E-state index >= 15 is 0 Å². The van der Waals surface area contributed by atoms with Gasteiger partial charge in [-0.3, -0.25) is 4.79 Å². The lowest BCUT2D eigenvalue weighted by Crippen LogP contribution is -2.32. The minimum atomic E-state index is -0.0699. The van der Waals surface area contributed by atoms with E-state index in [0.29, 0.717) is 24.7 Å². The highest BCUT2D eigenvalue weighted by atomic mass is 35.5. The molecule has 0 atom stereocenters. The van der Waals surface area contributed by atoms with E-state index in [-0.39, 0.29) is 5.91 Å². The Labute approximate surface area is 185 Å². The van der Waals surface area contributed by atoms with Crippen LogP contribution < -0.4 is 15.0 Å². The first-order chi connectivity index (χ1) is 15.1. The van der Waals surface area contributed by atoms with Crippen LogP contribution in [0.5, 0.6) is 5.75 Å².